The van der Waals surface area contributed by atoms with Crippen LogP contribution in [0.3, 0.4) is 0 Å². The smallest absolute Gasteiger partial charge is 0.0586 e. The topological polar surface area (TPSA) is 12.5 Å². The van der Waals surface area contributed by atoms with Crippen LogP contribution in [0.1, 0.15) is 52.9 Å². The van der Waals surface area contributed by atoms with Crippen LogP contribution in [-0.2, 0) is 4.74 Å². The predicted octanol–water partition coefficient (Wildman–Crippen LogP) is 3.31. The Morgan fingerprint density at radius 3 is 2.40 bits per heavy atom. The lowest BCUT2D eigenvalue weighted by atomic mass is 10.2. The predicted molar refractivity (Wildman–Crippen MR) is 67.3 cm³/mol. The molecule has 1 saturated carbocycles. The van der Waals surface area contributed by atoms with Gasteiger partial charge in [-0.1, -0.05) is 27.2 Å². The van der Waals surface area contributed by atoms with Crippen LogP contribution in [0.15, 0.2) is 0 Å². The Labute approximate surface area is 96.0 Å². The molecule has 0 saturated heterocycles. The molecule has 15 heavy (non-hydrogen) atoms. The average Bonchev–Trinajstić information content (AvgIpc) is 2.77. The molecule has 0 N–H and O–H groups in total. The molecule has 0 aromatic rings. The van der Waals surface area contributed by atoms with Gasteiger partial charge in [-0.25, -0.2) is 0 Å². The molecule has 0 spiro atoms. The van der Waals surface area contributed by atoms with Crippen molar-refractivity contribution in [2.24, 2.45) is 0 Å². The number of hydrogen-bond acceptors (Lipinski definition) is 2. The molecule has 2 atom stereocenters. The fraction of sp³-hybridized carbons (Fsp3) is 1.00. The van der Waals surface area contributed by atoms with Gasteiger partial charge in [0.2, 0.25) is 0 Å². The second-order valence-electron chi connectivity index (χ2n) is 4.16. The van der Waals surface area contributed by atoms with Gasteiger partial charge in [0.1, 0.15) is 0 Å². The average molecular weight is 215 g/mol. The van der Waals surface area contributed by atoms with Crippen molar-refractivity contribution < 1.29 is 4.74 Å². The Morgan fingerprint density at radius 2 is 1.93 bits per heavy atom. The van der Waals surface area contributed by atoms with Crippen molar-refractivity contribution in [1.29, 1.82) is 0 Å². The Bertz CT molecular complexity index is 138. The van der Waals surface area contributed by atoms with Crippen LogP contribution >= 0.6 is 0 Å². The molecule has 1 aliphatic carbocycles. The number of hydrogen-bond donors (Lipinski definition) is 0. The molecule has 1 fully saturated rings. The zero-order valence-corrected chi connectivity index (χ0v) is 11.3. The molecule has 0 aromatic heterocycles. The molecular formula is C13H29NO. The first-order chi connectivity index (χ1) is 7.27. The van der Waals surface area contributed by atoms with Crippen molar-refractivity contribution in [2.45, 2.75) is 65.0 Å². The first-order valence-electron chi connectivity index (χ1n) is 6.51. The summed E-state index contributed by atoms with van der Waals surface area (Å²) < 4.78 is 5.37. The third kappa shape index (κ3) is 5.53. The van der Waals surface area contributed by atoms with Crippen molar-refractivity contribution in [3.05, 3.63) is 0 Å². The minimum atomic E-state index is 0.522. The highest BCUT2D eigenvalue weighted by atomic mass is 16.5. The van der Waals surface area contributed by atoms with Crippen molar-refractivity contribution in [3.8, 4) is 0 Å². The molecule has 1 aliphatic rings. The van der Waals surface area contributed by atoms with Crippen LogP contribution in [0.5, 0.6) is 0 Å². The second kappa shape index (κ2) is 9.17. The standard InChI is InChI=1S/C11H23NO.C2H6/c1-4-5-8-12(2)10-6-7-11(9-10)13-3;1-2/h10-11H,4-9H2,1-3H3;1-2H3. The lowest BCUT2D eigenvalue weighted by Gasteiger charge is -2.23. The van der Waals surface area contributed by atoms with Crippen molar-refractivity contribution in [2.75, 3.05) is 20.7 Å². The maximum atomic E-state index is 5.37. The number of rotatable bonds is 5. The molecule has 1 rings (SSSR count). The van der Waals surface area contributed by atoms with Crippen LogP contribution in [0.4, 0.5) is 0 Å². The Hall–Kier alpha value is -0.0800. The molecule has 2 nitrogen and oxygen atoms in total. The van der Waals surface area contributed by atoms with Gasteiger partial charge < -0.3 is 9.64 Å². The van der Waals surface area contributed by atoms with Gasteiger partial charge in [0.05, 0.1) is 6.10 Å². The summed E-state index contributed by atoms with van der Waals surface area (Å²) in [5.74, 6) is 0. The van der Waals surface area contributed by atoms with Crippen LogP contribution in [0.25, 0.3) is 0 Å². The molecular weight excluding hydrogens is 186 g/mol. The fourth-order valence-corrected chi connectivity index (χ4v) is 2.12. The van der Waals surface area contributed by atoms with Gasteiger partial charge >= 0.3 is 0 Å². The van der Waals surface area contributed by atoms with Gasteiger partial charge in [0.25, 0.3) is 0 Å². The highest BCUT2D eigenvalue weighted by Crippen LogP contribution is 2.25. The summed E-state index contributed by atoms with van der Waals surface area (Å²) in [4.78, 5) is 2.50. The summed E-state index contributed by atoms with van der Waals surface area (Å²) in [5, 5.41) is 0. The lowest BCUT2D eigenvalue weighted by Crippen LogP contribution is -2.30. The highest BCUT2D eigenvalue weighted by Gasteiger charge is 2.26. The Kier molecular flexibility index (Phi) is 9.12. The third-order valence-electron chi connectivity index (χ3n) is 3.18. The Balaban J connectivity index is 0.000000921. The highest BCUT2D eigenvalue weighted by molar-refractivity contribution is 4.81. The Morgan fingerprint density at radius 1 is 1.27 bits per heavy atom. The summed E-state index contributed by atoms with van der Waals surface area (Å²) in [6.45, 7) is 7.50. The summed E-state index contributed by atoms with van der Waals surface area (Å²) in [6.07, 6.45) is 6.94. The maximum Gasteiger partial charge on any atom is 0.0586 e. The van der Waals surface area contributed by atoms with E-state index in [0.717, 1.165) is 6.04 Å². The van der Waals surface area contributed by atoms with E-state index in [0.29, 0.717) is 6.10 Å². The quantitative estimate of drug-likeness (QED) is 0.697. The molecule has 2 unspecified atom stereocenters. The van der Waals surface area contributed by atoms with Gasteiger partial charge in [-0.15, -0.1) is 0 Å². The molecule has 2 heteroatoms. The van der Waals surface area contributed by atoms with Gasteiger partial charge in [-0.05, 0) is 39.3 Å². The normalized spacial score (nSPS) is 25.2. The molecule has 0 heterocycles. The van der Waals surface area contributed by atoms with Crippen LogP contribution in [-0.4, -0.2) is 37.7 Å². The summed E-state index contributed by atoms with van der Waals surface area (Å²) in [5.41, 5.74) is 0. The van der Waals surface area contributed by atoms with Crippen molar-refractivity contribution >= 4 is 0 Å². The van der Waals surface area contributed by atoms with E-state index in [1.807, 2.05) is 21.0 Å². The van der Waals surface area contributed by atoms with Crippen LogP contribution in [0, 0.1) is 0 Å². The molecule has 0 aliphatic heterocycles. The second-order valence-corrected chi connectivity index (χ2v) is 4.16. The molecule has 0 radical (unpaired) electrons. The SMILES string of the molecule is CC.CCCCN(C)C1CCC(OC)C1. The van der Waals surface area contributed by atoms with Crippen molar-refractivity contribution in [3.63, 3.8) is 0 Å². The zero-order valence-electron chi connectivity index (χ0n) is 11.3. The van der Waals surface area contributed by atoms with Gasteiger partial charge in [0.15, 0.2) is 0 Å². The van der Waals surface area contributed by atoms with E-state index in [1.54, 1.807) is 0 Å². The molecule has 0 aromatic carbocycles. The van der Waals surface area contributed by atoms with Gasteiger partial charge in [0, 0.05) is 13.2 Å². The molecule has 0 amide bonds. The first-order valence-corrected chi connectivity index (χ1v) is 6.51. The van der Waals surface area contributed by atoms with E-state index >= 15 is 0 Å². The molecule has 0 bridgehead atoms. The number of nitrogens with zero attached hydrogens (tertiary/aromatic N) is 1. The van der Waals surface area contributed by atoms with E-state index in [-0.39, 0.29) is 0 Å². The van der Waals surface area contributed by atoms with E-state index in [1.165, 1.54) is 38.6 Å². The van der Waals surface area contributed by atoms with E-state index in [9.17, 15) is 0 Å². The first kappa shape index (κ1) is 14.9. The zero-order chi connectivity index (χ0) is 11.7. The van der Waals surface area contributed by atoms with E-state index in [4.69, 9.17) is 4.74 Å². The van der Waals surface area contributed by atoms with E-state index < -0.39 is 0 Å². The van der Waals surface area contributed by atoms with Crippen molar-refractivity contribution in [1.82, 2.24) is 4.90 Å². The monoisotopic (exact) mass is 215 g/mol. The van der Waals surface area contributed by atoms with Gasteiger partial charge in [-0.3, -0.25) is 0 Å². The largest absolute Gasteiger partial charge is 0.381 e. The number of unbranched alkanes of at least 4 members (excludes halogenated alkanes) is 1. The molecule has 92 valence electrons. The maximum absolute atomic E-state index is 5.37. The minimum absolute atomic E-state index is 0.522. The summed E-state index contributed by atoms with van der Waals surface area (Å²) in [7, 11) is 4.08. The van der Waals surface area contributed by atoms with E-state index in [2.05, 4.69) is 18.9 Å². The van der Waals surface area contributed by atoms with Crippen LogP contribution in [0.2, 0.25) is 0 Å². The summed E-state index contributed by atoms with van der Waals surface area (Å²) >= 11 is 0. The number of methoxy groups -OCH3 is 1. The van der Waals surface area contributed by atoms with Crippen LogP contribution < -0.4 is 0 Å². The van der Waals surface area contributed by atoms with Gasteiger partial charge in [-0.2, -0.15) is 0 Å². The summed E-state index contributed by atoms with van der Waals surface area (Å²) in [6, 6.07) is 0.775. The lowest BCUT2D eigenvalue weighted by molar-refractivity contribution is 0.0997. The number of ether oxygens (including phenoxy) is 1. The fourth-order valence-electron chi connectivity index (χ4n) is 2.12. The minimum Gasteiger partial charge on any atom is -0.381 e. The third-order valence-corrected chi connectivity index (χ3v) is 3.18.